The topological polar surface area (TPSA) is 74.1 Å². The first-order chi connectivity index (χ1) is 15.0. The lowest BCUT2D eigenvalue weighted by molar-refractivity contribution is 0.102. The zero-order chi connectivity index (χ0) is 22.0. The third-order valence-corrected chi connectivity index (χ3v) is 5.07. The zero-order valence-corrected chi connectivity index (χ0v) is 17.8. The van der Waals surface area contributed by atoms with Crippen molar-refractivity contribution in [2.45, 2.75) is 6.92 Å². The molecule has 0 saturated heterocycles. The molecule has 0 radical (unpaired) electrons. The highest BCUT2D eigenvalue weighted by atomic mass is 16.5. The predicted molar refractivity (Wildman–Crippen MR) is 119 cm³/mol. The number of imidazole rings is 1. The molecule has 0 aliphatic rings. The minimum Gasteiger partial charge on any atom is -0.495 e. The first kappa shape index (κ1) is 20.3. The van der Waals surface area contributed by atoms with Gasteiger partial charge in [0.25, 0.3) is 5.91 Å². The number of anilines is 1. The second-order valence-corrected chi connectivity index (χ2v) is 6.99. The zero-order valence-electron chi connectivity index (χ0n) is 17.8. The van der Waals surface area contributed by atoms with E-state index in [0.717, 1.165) is 22.5 Å². The Kier molecular flexibility index (Phi) is 5.49. The Morgan fingerprint density at radius 2 is 1.68 bits per heavy atom. The molecule has 2 heterocycles. The average molecular weight is 417 g/mol. The summed E-state index contributed by atoms with van der Waals surface area (Å²) in [5.74, 6) is 1.30. The molecule has 4 rings (SSSR count). The van der Waals surface area contributed by atoms with E-state index in [-0.39, 0.29) is 5.91 Å². The molecule has 0 fully saturated rings. The standard InChI is InChI=1S/C24H23N3O4/c1-15-6-5-11-27-14-19(25-23(15)27)16-7-9-20(29-2)18(12-16)26-24(28)17-8-10-21(30-3)22(13-17)31-4/h5-14H,1-4H3,(H,26,28). The fourth-order valence-electron chi connectivity index (χ4n) is 3.43. The molecule has 0 saturated carbocycles. The Balaban J connectivity index is 1.68. The van der Waals surface area contributed by atoms with Crippen LogP contribution in [0.3, 0.4) is 0 Å². The van der Waals surface area contributed by atoms with Gasteiger partial charge >= 0.3 is 0 Å². The van der Waals surface area contributed by atoms with Gasteiger partial charge < -0.3 is 23.9 Å². The van der Waals surface area contributed by atoms with Crippen LogP contribution in [-0.2, 0) is 0 Å². The Labute approximate surface area is 180 Å². The highest BCUT2D eigenvalue weighted by Crippen LogP contribution is 2.32. The summed E-state index contributed by atoms with van der Waals surface area (Å²) >= 11 is 0. The van der Waals surface area contributed by atoms with E-state index < -0.39 is 0 Å². The normalized spacial score (nSPS) is 10.7. The van der Waals surface area contributed by atoms with E-state index in [0.29, 0.717) is 28.5 Å². The second kappa shape index (κ2) is 8.39. The number of amides is 1. The number of aryl methyl sites for hydroxylation is 1. The molecule has 7 heteroatoms. The number of aromatic nitrogens is 2. The van der Waals surface area contributed by atoms with E-state index >= 15 is 0 Å². The number of ether oxygens (including phenoxy) is 3. The van der Waals surface area contributed by atoms with E-state index in [1.54, 1.807) is 32.4 Å². The summed E-state index contributed by atoms with van der Waals surface area (Å²) in [6.07, 6.45) is 3.92. The average Bonchev–Trinajstić information content (AvgIpc) is 3.24. The number of carbonyl (C=O) groups excluding carboxylic acids is 1. The van der Waals surface area contributed by atoms with E-state index in [1.807, 2.05) is 54.0 Å². The molecular formula is C24H23N3O4. The van der Waals surface area contributed by atoms with Crippen LogP contribution in [0.4, 0.5) is 5.69 Å². The molecule has 2 aromatic heterocycles. The van der Waals surface area contributed by atoms with E-state index in [1.165, 1.54) is 7.11 Å². The fourth-order valence-corrected chi connectivity index (χ4v) is 3.43. The second-order valence-electron chi connectivity index (χ2n) is 6.99. The van der Waals surface area contributed by atoms with Crippen LogP contribution in [0.25, 0.3) is 16.9 Å². The molecule has 4 aromatic rings. The lowest BCUT2D eigenvalue weighted by Crippen LogP contribution is -2.13. The molecule has 0 atom stereocenters. The predicted octanol–water partition coefficient (Wildman–Crippen LogP) is 4.59. The largest absolute Gasteiger partial charge is 0.495 e. The highest BCUT2D eigenvalue weighted by molar-refractivity contribution is 6.05. The number of hydrogen-bond acceptors (Lipinski definition) is 5. The van der Waals surface area contributed by atoms with Gasteiger partial charge in [-0.2, -0.15) is 0 Å². The number of nitrogens with zero attached hydrogens (tertiary/aromatic N) is 2. The summed E-state index contributed by atoms with van der Waals surface area (Å²) in [6, 6.07) is 14.6. The Bertz CT molecular complexity index is 1260. The molecule has 1 N–H and O–H groups in total. The van der Waals surface area contributed by atoms with Crippen molar-refractivity contribution in [2.24, 2.45) is 0 Å². The number of methoxy groups -OCH3 is 3. The van der Waals surface area contributed by atoms with Crippen molar-refractivity contribution in [3.63, 3.8) is 0 Å². The number of rotatable bonds is 6. The SMILES string of the molecule is COc1ccc(-c2cn3cccc(C)c3n2)cc1NC(=O)c1ccc(OC)c(OC)c1. The number of hydrogen-bond donors (Lipinski definition) is 1. The van der Waals surface area contributed by atoms with Gasteiger partial charge in [-0.1, -0.05) is 6.07 Å². The van der Waals surface area contributed by atoms with Gasteiger partial charge in [-0.15, -0.1) is 0 Å². The Morgan fingerprint density at radius 3 is 2.39 bits per heavy atom. The number of fused-ring (bicyclic) bond motifs is 1. The van der Waals surface area contributed by atoms with Crippen LogP contribution in [-0.4, -0.2) is 36.6 Å². The van der Waals surface area contributed by atoms with E-state index in [4.69, 9.17) is 19.2 Å². The van der Waals surface area contributed by atoms with Crippen LogP contribution in [0.1, 0.15) is 15.9 Å². The molecule has 0 bridgehead atoms. The van der Waals surface area contributed by atoms with Gasteiger partial charge in [-0.25, -0.2) is 4.98 Å². The van der Waals surface area contributed by atoms with Gasteiger partial charge in [0.1, 0.15) is 11.4 Å². The number of carbonyl (C=O) groups is 1. The van der Waals surface area contributed by atoms with Crippen LogP contribution < -0.4 is 19.5 Å². The molecule has 1 amide bonds. The minimum atomic E-state index is -0.290. The van der Waals surface area contributed by atoms with Gasteiger partial charge in [0.2, 0.25) is 0 Å². The summed E-state index contributed by atoms with van der Waals surface area (Å²) in [5, 5.41) is 2.93. The number of pyridine rings is 1. The molecule has 31 heavy (non-hydrogen) atoms. The Morgan fingerprint density at radius 1 is 0.935 bits per heavy atom. The molecule has 0 aliphatic carbocycles. The molecule has 7 nitrogen and oxygen atoms in total. The van der Waals surface area contributed by atoms with Crippen LogP contribution in [0.15, 0.2) is 60.9 Å². The summed E-state index contributed by atoms with van der Waals surface area (Å²) in [5.41, 5.74) is 4.64. The quantitative estimate of drug-likeness (QED) is 0.497. The summed E-state index contributed by atoms with van der Waals surface area (Å²) in [6.45, 7) is 2.02. The minimum absolute atomic E-state index is 0.290. The molecule has 0 unspecified atom stereocenters. The van der Waals surface area contributed by atoms with Crippen molar-refractivity contribution in [3.8, 4) is 28.5 Å². The van der Waals surface area contributed by atoms with Crippen molar-refractivity contribution in [3.05, 3.63) is 72.1 Å². The Hall–Kier alpha value is -4.00. The van der Waals surface area contributed by atoms with E-state index in [9.17, 15) is 4.79 Å². The van der Waals surface area contributed by atoms with Gasteiger partial charge in [0.05, 0.1) is 32.7 Å². The lowest BCUT2D eigenvalue weighted by Gasteiger charge is -2.13. The molecule has 0 aliphatic heterocycles. The lowest BCUT2D eigenvalue weighted by atomic mass is 10.1. The smallest absolute Gasteiger partial charge is 0.255 e. The maximum absolute atomic E-state index is 12.9. The van der Waals surface area contributed by atoms with Crippen molar-refractivity contribution in [1.82, 2.24) is 9.38 Å². The summed E-state index contributed by atoms with van der Waals surface area (Å²) < 4.78 is 18.0. The van der Waals surface area contributed by atoms with Crippen molar-refractivity contribution >= 4 is 17.2 Å². The van der Waals surface area contributed by atoms with Crippen LogP contribution in [0.2, 0.25) is 0 Å². The van der Waals surface area contributed by atoms with Crippen LogP contribution >= 0.6 is 0 Å². The number of nitrogens with one attached hydrogen (secondary N) is 1. The summed E-state index contributed by atoms with van der Waals surface area (Å²) in [4.78, 5) is 17.6. The van der Waals surface area contributed by atoms with Gasteiger partial charge in [0, 0.05) is 23.5 Å². The van der Waals surface area contributed by atoms with Crippen molar-refractivity contribution < 1.29 is 19.0 Å². The molecule has 0 spiro atoms. The maximum Gasteiger partial charge on any atom is 0.255 e. The number of benzene rings is 2. The first-order valence-electron chi connectivity index (χ1n) is 9.70. The van der Waals surface area contributed by atoms with Crippen LogP contribution in [0, 0.1) is 6.92 Å². The maximum atomic E-state index is 12.9. The van der Waals surface area contributed by atoms with Gasteiger partial charge in [0.15, 0.2) is 11.5 Å². The fraction of sp³-hybridized carbons (Fsp3) is 0.167. The summed E-state index contributed by atoms with van der Waals surface area (Å²) in [7, 11) is 4.65. The highest BCUT2D eigenvalue weighted by Gasteiger charge is 2.15. The van der Waals surface area contributed by atoms with Crippen molar-refractivity contribution in [1.29, 1.82) is 0 Å². The molecular weight excluding hydrogens is 394 g/mol. The van der Waals surface area contributed by atoms with Gasteiger partial charge in [-0.3, -0.25) is 4.79 Å². The molecule has 2 aromatic carbocycles. The van der Waals surface area contributed by atoms with Crippen LogP contribution in [0.5, 0.6) is 17.2 Å². The van der Waals surface area contributed by atoms with Crippen molar-refractivity contribution in [2.75, 3.05) is 26.6 Å². The van der Waals surface area contributed by atoms with Gasteiger partial charge in [-0.05, 0) is 55.0 Å². The first-order valence-corrected chi connectivity index (χ1v) is 9.70. The van der Waals surface area contributed by atoms with E-state index in [2.05, 4.69) is 5.32 Å². The molecule has 158 valence electrons. The third-order valence-electron chi connectivity index (χ3n) is 5.07. The third kappa shape index (κ3) is 3.90. The monoisotopic (exact) mass is 417 g/mol.